The molecule has 0 saturated carbocycles. The number of urea groups is 1. The van der Waals surface area contributed by atoms with Crippen LogP contribution in [0.25, 0.3) is 0 Å². The second-order valence-electron chi connectivity index (χ2n) is 10.6. The molecule has 1 fully saturated rings. The number of carboxylic acids is 1. The van der Waals surface area contributed by atoms with Gasteiger partial charge in [-0.1, -0.05) is 18.2 Å². The van der Waals surface area contributed by atoms with Gasteiger partial charge in [-0.05, 0) is 73.8 Å². The number of rotatable bonds is 15. The number of carbonyl (C=O) groups excluding carboxylic acids is 1. The molecule has 12 heteroatoms. The molecule has 0 aromatic heterocycles. The first kappa shape index (κ1) is 32.4. The highest BCUT2D eigenvalue weighted by molar-refractivity contribution is 5.74. The number of hydrogen-bond donors (Lipinski definition) is 6. The highest BCUT2D eigenvalue weighted by Gasteiger charge is 2.23. The number of carboxylic acid groups (broad SMARTS) is 1. The Balaban J connectivity index is 1.09. The number of aliphatic hydroxyl groups is 1. The standard InChI is InChI=1S/C32H39FN4O7/c33-30-17-29(44-21-31(40)41)8-3-23(30)18-35-32(42)37-15-12-25(13-16-37)36-24-4-1-22(2-5-24)11-14-34-19-27(39)20-43-28-9-6-26(38)7-10-28/h1-10,17,25,27,34,36,38-39H,11-16,18-21H2,(H,35,42)(H,40,41). The maximum atomic E-state index is 14.3. The smallest absolute Gasteiger partial charge is 0.341 e. The number of anilines is 1. The molecule has 0 bridgehead atoms. The summed E-state index contributed by atoms with van der Waals surface area (Å²) in [6, 6.07) is 18.6. The van der Waals surface area contributed by atoms with Crippen LogP contribution in [-0.2, 0) is 17.8 Å². The number of amides is 2. The van der Waals surface area contributed by atoms with Crippen LogP contribution >= 0.6 is 0 Å². The van der Waals surface area contributed by atoms with Crippen molar-refractivity contribution in [1.29, 1.82) is 0 Å². The van der Waals surface area contributed by atoms with Gasteiger partial charge >= 0.3 is 12.0 Å². The molecule has 3 aromatic carbocycles. The summed E-state index contributed by atoms with van der Waals surface area (Å²) in [6.45, 7) is 1.88. The maximum absolute atomic E-state index is 14.3. The zero-order valence-electron chi connectivity index (χ0n) is 24.4. The van der Waals surface area contributed by atoms with Crippen molar-refractivity contribution in [3.8, 4) is 17.2 Å². The van der Waals surface area contributed by atoms with Crippen molar-refractivity contribution in [2.45, 2.75) is 38.0 Å². The summed E-state index contributed by atoms with van der Waals surface area (Å²) in [5, 5.41) is 37.6. The lowest BCUT2D eigenvalue weighted by atomic mass is 10.0. The van der Waals surface area contributed by atoms with E-state index in [4.69, 9.17) is 14.6 Å². The summed E-state index contributed by atoms with van der Waals surface area (Å²) in [6.07, 6.45) is 1.72. The molecular weight excluding hydrogens is 571 g/mol. The number of aliphatic hydroxyl groups excluding tert-OH is 1. The number of nitrogens with one attached hydrogen (secondary N) is 3. The van der Waals surface area contributed by atoms with E-state index >= 15 is 0 Å². The van der Waals surface area contributed by atoms with E-state index in [-0.39, 0.29) is 42.3 Å². The molecule has 0 aliphatic carbocycles. The first-order chi connectivity index (χ1) is 21.2. The van der Waals surface area contributed by atoms with Crippen LogP contribution in [0.5, 0.6) is 17.2 Å². The predicted molar refractivity (Wildman–Crippen MR) is 163 cm³/mol. The van der Waals surface area contributed by atoms with Crippen molar-refractivity contribution in [2.24, 2.45) is 0 Å². The molecule has 44 heavy (non-hydrogen) atoms. The van der Waals surface area contributed by atoms with Gasteiger partial charge in [0.25, 0.3) is 0 Å². The van der Waals surface area contributed by atoms with Crippen LogP contribution in [0.3, 0.4) is 0 Å². The van der Waals surface area contributed by atoms with E-state index in [9.17, 15) is 24.2 Å². The average Bonchev–Trinajstić information content (AvgIpc) is 3.02. The average molecular weight is 611 g/mol. The molecule has 6 N–H and O–H groups in total. The van der Waals surface area contributed by atoms with Crippen molar-refractivity contribution >= 4 is 17.7 Å². The number of carbonyl (C=O) groups is 2. The van der Waals surface area contributed by atoms with Gasteiger partial charge in [-0.2, -0.15) is 0 Å². The number of aliphatic carboxylic acids is 1. The van der Waals surface area contributed by atoms with Gasteiger partial charge in [0.05, 0.1) is 0 Å². The number of phenols is 1. The first-order valence-corrected chi connectivity index (χ1v) is 14.6. The zero-order valence-corrected chi connectivity index (χ0v) is 24.4. The normalized spacial score (nSPS) is 14.1. The molecule has 11 nitrogen and oxygen atoms in total. The van der Waals surface area contributed by atoms with Gasteiger partial charge in [-0.25, -0.2) is 14.0 Å². The van der Waals surface area contributed by atoms with Gasteiger partial charge in [0, 0.05) is 49.5 Å². The minimum absolute atomic E-state index is 0.0138. The largest absolute Gasteiger partial charge is 0.508 e. The van der Waals surface area contributed by atoms with E-state index < -0.39 is 24.5 Å². The first-order valence-electron chi connectivity index (χ1n) is 14.6. The van der Waals surface area contributed by atoms with E-state index in [1.165, 1.54) is 29.8 Å². The highest BCUT2D eigenvalue weighted by Crippen LogP contribution is 2.20. The lowest BCUT2D eigenvalue weighted by Crippen LogP contribution is -2.46. The van der Waals surface area contributed by atoms with Crippen molar-refractivity contribution < 1.29 is 38.8 Å². The van der Waals surface area contributed by atoms with E-state index in [1.54, 1.807) is 17.0 Å². The molecule has 2 amide bonds. The summed E-state index contributed by atoms with van der Waals surface area (Å²) < 4.78 is 24.8. The molecule has 1 unspecified atom stereocenters. The molecule has 1 atom stereocenters. The van der Waals surface area contributed by atoms with Crippen LogP contribution in [0.1, 0.15) is 24.0 Å². The van der Waals surface area contributed by atoms with Gasteiger partial charge in [-0.15, -0.1) is 0 Å². The molecule has 1 aliphatic heterocycles. The molecule has 0 radical (unpaired) electrons. The van der Waals surface area contributed by atoms with Crippen LogP contribution in [-0.4, -0.2) is 83.8 Å². The number of phenolic OH excluding ortho intramolecular Hbond substituents is 1. The second-order valence-corrected chi connectivity index (χ2v) is 10.6. The number of halogens is 1. The molecule has 4 rings (SSSR count). The third-order valence-corrected chi connectivity index (χ3v) is 7.17. The Morgan fingerprint density at radius 1 is 0.977 bits per heavy atom. The summed E-state index contributed by atoms with van der Waals surface area (Å²) in [5.74, 6) is -0.859. The quantitative estimate of drug-likeness (QED) is 0.142. The summed E-state index contributed by atoms with van der Waals surface area (Å²) >= 11 is 0. The molecular formula is C32H39FN4O7. The van der Waals surface area contributed by atoms with Crippen LogP contribution in [0.4, 0.5) is 14.9 Å². The van der Waals surface area contributed by atoms with Crippen molar-refractivity contribution in [3.05, 3.63) is 83.7 Å². The van der Waals surface area contributed by atoms with Crippen LogP contribution in [0.15, 0.2) is 66.7 Å². The minimum atomic E-state index is -1.15. The monoisotopic (exact) mass is 610 g/mol. The summed E-state index contributed by atoms with van der Waals surface area (Å²) in [4.78, 5) is 24.9. The van der Waals surface area contributed by atoms with Crippen molar-refractivity contribution in [2.75, 3.05) is 44.7 Å². The fraction of sp³-hybridized carbons (Fsp3) is 0.375. The fourth-order valence-electron chi connectivity index (χ4n) is 4.71. The SMILES string of the molecule is O=C(O)COc1ccc(CNC(=O)N2CCC(Nc3ccc(CCNCC(O)COc4ccc(O)cc4)cc3)CC2)c(F)c1. The Labute approximate surface area is 255 Å². The van der Waals surface area contributed by atoms with Crippen LogP contribution < -0.4 is 25.4 Å². The second kappa shape index (κ2) is 16.3. The van der Waals surface area contributed by atoms with Crippen LogP contribution in [0, 0.1) is 5.82 Å². The van der Waals surface area contributed by atoms with Crippen molar-refractivity contribution in [3.63, 3.8) is 0 Å². The number of piperidine rings is 1. The molecule has 1 saturated heterocycles. The fourth-order valence-corrected chi connectivity index (χ4v) is 4.71. The Hall–Kier alpha value is -4.55. The number of ether oxygens (including phenoxy) is 2. The number of nitrogens with zero attached hydrogens (tertiary/aromatic N) is 1. The topological polar surface area (TPSA) is 153 Å². The molecule has 1 heterocycles. The number of benzene rings is 3. The molecule has 0 spiro atoms. The molecule has 236 valence electrons. The van der Waals surface area contributed by atoms with Crippen molar-refractivity contribution in [1.82, 2.24) is 15.5 Å². The maximum Gasteiger partial charge on any atom is 0.341 e. The summed E-state index contributed by atoms with van der Waals surface area (Å²) in [7, 11) is 0. The number of likely N-dealkylation sites (tertiary alicyclic amines) is 1. The summed E-state index contributed by atoms with van der Waals surface area (Å²) in [5.41, 5.74) is 2.46. The van der Waals surface area contributed by atoms with Gasteiger partial charge in [0.15, 0.2) is 6.61 Å². The molecule has 3 aromatic rings. The molecule has 1 aliphatic rings. The minimum Gasteiger partial charge on any atom is -0.508 e. The third-order valence-electron chi connectivity index (χ3n) is 7.17. The Kier molecular flexibility index (Phi) is 12.0. The van der Waals surface area contributed by atoms with E-state index in [0.717, 1.165) is 31.0 Å². The Morgan fingerprint density at radius 2 is 1.68 bits per heavy atom. The third kappa shape index (κ3) is 10.6. The lowest BCUT2D eigenvalue weighted by Gasteiger charge is -2.33. The number of aromatic hydroxyl groups is 1. The van der Waals surface area contributed by atoms with E-state index in [2.05, 4.69) is 28.1 Å². The van der Waals surface area contributed by atoms with E-state index in [1.807, 2.05) is 12.1 Å². The van der Waals surface area contributed by atoms with Gasteiger partial charge < -0.3 is 45.6 Å². The Bertz CT molecular complexity index is 1350. The lowest BCUT2D eigenvalue weighted by molar-refractivity contribution is -0.139. The van der Waals surface area contributed by atoms with E-state index in [0.29, 0.717) is 31.9 Å². The Morgan fingerprint density at radius 3 is 2.36 bits per heavy atom. The van der Waals surface area contributed by atoms with Gasteiger partial charge in [-0.3, -0.25) is 0 Å². The number of hydrogen-bond acceptors (Lipinski definition) is 8. The predicted octanol–water partition coefficient (Wildman–Crippen LogP) is 3.35. The van der Waals surface area contributed by atoms with Gasteiger partial charge in [0.2, 0.25) is 0 Å². The van der Waals surface area contributed by atoms with Gasteiger partial charge in [0.1, 0.15) is 35.8 Å². The van der Waals surface area contributed by atoms with Crippen LogP contribution in [0.2, 0.25) is 0 Å². The zero-order chi connectivity index (χ0) is 31.3. The highest BCUT2D eigenvalue weighted by atomic mass is 19.1.